The highest BCUT2D eigenvalue weighted by Gasteiger charge is 2.22. The van der Waals surface area contributed by atoms with Crippen molar-refractivity contribution >= 4 is 17.1 Å². The largest absolute Gasteiger partial charge is 0.508 e. The molecule has 2 aromatic carbocycles. The molecular weight excluding hydrogens is 387 g/mol. The molecule has 0 fully saturated rings. The molecule has 2 heterocycles. The number of pyridine rings is 1. The Balaban J connectivity index is 1.82. The first-order chi connectivity index (χ1) is 14.5. The van der Waals surface area contributed by atoms with Crippen LogP contribution in [-0.2, 0) is 0 Å². The SMILES string of the molecule is N/C(=C(/c1ccncc1)N(N)c1ccccc1F)c1nc(-c2ccc(O)cc2)no1. The molecule has 0 spiro atoms. The van der Waals surface area contributed by atoms with E-state index in [2.05, 4.69) is 15.1 Å². The summed E-state index contributed by atoms with van der Waals surface area (Å²) in [6.07, 6.45) is 3.13. The Bertz CT molecular complexity index is 1190. The summed E-state index contributed by atoms with van der Waals surface area (Å²) < 4.78 is 19.7. The minimum Gasteiger partial charge on any atom is -0.508 e. The summed E-state index contributed by atoms with van der Waals surface area (Å²) >= 11 is 0. The summed E-state index contributed by atoms with van der Waals surface area (Å²) in [4.78, 5) is 8.31. The molecule has 0 aliphatic rings. The number of halogens is 1. The Kier molecular flexibility index (Phi) is 5.10. The van der Waals surface area contributed by atoms with Crippen LogP contribution in [0.15, 0.2) is 77.6 Å². The standard InChI is InChI=1S/C21H17FN6O2/c22-16-3-1-2-4-17(16)28(24)19(13-9-11-25-12-10-13)18(23)21-26-20(27-30-21)14-5-7-15(29)8-6-14/h1-12,29H,23-24H2/b19-18-. The first-order valence-corrected chi connectivity index (χ1v) is 8.87. The number of hydrogen-bond acceptors (Lipinski definition) is 8. The molecule has 150 valence electrons. The maximum atomic E-state index is 14.4. The Morgan fingerprint density at radius 2 is 1.70 bits per heavy atom. The summed E-state index contributed by atoms with van der Waals surface area (Å²) in [5.41, 5.74) is 8.00. The van der Waals surface area contributed by atoms with E-state index < -0.39 is 5.82 Å². The van der Waals surface area contributed by atoms with Crippen LogP contribution in [0.2, 0.25) is 0 Å². The van der Waals surface area contributed by atoms with E-state index in [-0.39, 0.29) is 34.5 Å². The number of anilines is 1. The third-order valence-electron chi connectivity index (χ3n) is 4.34. The smallest absolute Gasteiger partial charge is 0.276 e. The third kappa shape index (κ3) is 3.69. The van der Waals surface area contributed by atoms with E-state index in [1.807, 2.05) is 0 Å². The molecule has 4 aromatic rings. The van der Waals surface area contributed by atoms with Gasteiger partial charge in [-0.05, 0) is 48.5 Å². The number of phenolic OH excluding ortho intramolecular Hbond substituents is 1. The Morgan fingerprint density at radius 3 is 2.40 bits per heavy atom. The van der Waals surface area contributed by atoms with Gasteiger partial charge in [0.2, 0.25) is 5.82 Å². The van der Waals surface area contributed by atoms with Crippen LogP contribution in [0.4, 0.5) is 10.1 Å². The van der Waals surface area contributed by atoms with E-state index in [9.17, 15) is 9.50 Å². The molecule has 0 radical (unpaired) electrons. The van der Waals surface area contributed by atoms with Gasteiger partial charge in [0.1, 0.15) is 17.3 Å². The lowest BCUT2D eigenvalue weighted by atomic mass is 10.1. The molecule has 0 unspecified atom stereocenters. The minimum atomic E-state index is -0.519. The Labute approximate surface area is 170 Å². The molecule has 5 N–H and O–H groups in total. The molecule has 0 aliphatic heterocycles. The maximum Gasteiger partial charge on any atom is 0.276 e. The Morgan fingerprint density at radius 1 is 1.00 bits per heavy atom. The molecule has 0 bridgehead atoms. The highest BCUT2D eigenvalue weighted by Crippen LogP contribution is 2.30. The van der Waals surface area contributed by atoms with Crippen molar-refractivity contribution in [1.82, 2.24) is 15.1 Å². The van der Waals surface area contributed by atoms with Crippen LogP contribution < -0.4 is 16.6 Å². The highest BCUT2D eigenvalue weighted by molar-refractivity contribution is 5.93. The lowest BCUT2D eigenvalue weighted by Gasteiger charge is -2.23. The second kappa shape index (κ2) is 8.02. The van der Waals surface area contributed by atoms with Gasteiger partial charge in [0.15, 0.2) is 0 Å². The van der Waals surface area contributed by atoms with Crippen LogP contribution in [-0.4, -0.2) is 20.2 Å². The van der Waals surface area contributed by atoms with Crippen molar-refractivity contribution < 1.29 is 14.0 Å². The number of phenols is 1. The quantitative estimate of drug-likeness (QED) is 0.342. The molecule has 4 rings (SSSR count). The molecule has 8 nitrogen and oxygen atoms in total. The van der Waals surface area contributed by atoms with Gasteiger partial charge in [-0.1, -0.05) is 17.3 Å². The molecule has 9 heteroatoms. The van der Waals surface area contributed by atoms with Gasteiger partial charge in [-0.25, -0.2) is 10.2 Å². The molecule has 0 amide bonds. The second-order valence-corrected chi connectivity index (χ2v) is 6.29. The predicted molar refractivity (Wildman–Crippen MR) is 110 cm³/mol. The van der Waals surface area contributed by atoms with Crippen LogP contribution >= 0.6 is 0 Å². The number of hydrogen-bond donors (Lipinski definition) is 3. The van der Waals surface area contributed by atoms with Crippen molar-refractivity contribution in [3.05, 3.63) is 90.3 Å². The minimum absolute atomic E-state index is 0.0108. The molecular formula is C21H17FN6O2. The van der Waals surface area contributed by atoms with Gasteiger partial charge in [0.05, 0.1) is 11.4 Å². The predicted octanol–water partition coefficient (Wildman–Crippen LogP) is 3.14. The number of nitrogens with two attached hydrogens (primary N) is 2. The second-order valence-electron chi connectivity index (χ2n) is 6.29. The fourth-order valence-electron chi connectivity index (χ4n) is 2.86. The first-order valence-electron chi connectivity index (χ1n) is 8.87. The summed E-state index contributed by atoms with van der Waals surface area (Å²) in [7, 11) is 0. The summed E-state index contributed by atoms with van der Waals surface area (Å²) in [6, 6.07) is 15.7. The zero-order valence-corrected chi connectivity index (χ0v) is 15.6. The molecule has 0 atom stereocenters. The number of rotatable bonds is 5. The Hall–Kier alpha value is -4.24. The van der Waals surface area contributed by atoms with Crippen LogP contribution in [0.3, 0.4) is 0 Å². The van der Waals surface area contributed by atoms with Crippen LogP contribution in [0.5, 0.6) is 5.75 Å². The van der Waals surface area contributed by atoms with E-state index >= 15 is 0 Å². The van der Waals surface area contributed by atoms with E-state index in [0.717, 1.165) is 5.01 Å². The molecule has 0 aliphatic carbocycles. The van der Waals surface area contributed by atoms with Gasteiger partial charge in [-0.15, -0.1) is 0 Å². The summed E-state index contributed by atoms with van der Waals surface area (Å²) in [5.74, 6) is 6.15. The van der Waals surface area contributed by atoms with E-state index in [1.165, 1.54) is 24.3 Å². The molecule has 0 saturated carbocycles. The number of benzene rings is 2. The zero-order chi connectivity index (χ0) is 21.1. The normalized spacial score (nSPS) is 11.8. The zero-order valence-electron chi connectivity index (χ0n) is 15.6. The van der Waals surface area contributed by atoms with E-state index in [4.69, 9.17) is 16.1 Å². The maximum absolute atomic E-state index is 14.4. The summed E-state index contributed by atoms with van der Waals surface area (Å²) in [5, 5.41) is 14.5. The fourth-order valence-corrected chi connectivity index (χ4v) is 2.86. The average molecular weight is 404 g/mol. The fraction of sp³-hybridized carbons (Fsp3) is 0. The van der Waals surface area contributed by atoms with Gasteiger partial charge in [-0.2, -0.15) is 4.98 Å². The number of nitrogens with zero attached hydrogens (tertiary/aromatic N) is 4. The van der Waals surface area contributed by atoms with Gasteiger partial charge < -0.3 is 15.4 Å². The van der Waals surface area contributed by atoms with Crippen molar-refractivity contribution in [3.8, 4) is 17.1 Å². The average Bonchev–Trinajstić information content (AvgIpc) is 3.26. The lowest BCUT2D eigenvalue weighted by molar-refractivity contribution is 0.408. The lowest BCUT2D eigenvalue weighted by Crippen LogP contribution is -2.32. The number of aromatic hydroxyl groups is 1. The molecule has 2 aromatic heterocycles. The van der Waals surface area contributed by atoms with Crippen molar-refractivity contribution in [1.29, 1.82) is 0 Å². The van der Waals surface area contributed by atoms with Crippen LogP contribution in [0, 0.1) is 5.82 Å². The molecule has 30 heavy (non-hydrogen) atoms. The van der Waals surface area contributed by atoms with Crippen LogP contribution in [0.1, 0.15) is 11.5 Å². The monoisotopic (exact) mass is 404 g/mol. The van der Waals surface area contributed by atoms with Crippen molar-refractivity contribution in [3.63, 3.8) is 0 Å². The molecule has 0 saturated heterocycles. The van der Waals surface area contributed by atoms with Crippen molar-refractivity contribution in [2.75, 3.05) is 5.01 Å². The summed E-state index contributed by atoms with van der Waals surface area (Å²) in [6.45, 7) is 0. The van der Waals surface area contributed by atoms with Crippen LogP contribution in [0.25, 0.3) is 22.8 Å². The third-order valence-corrected chi connectivity index (χ3v) is 4.34. The number of hydrazine groups is 1. The van der Waals surface area contributed by atoms with E-state index in [1.54, 1.807) is 48.8 Å². The first kappa shape index (κ1) is 19.1. The number of para-hydroxylation sites is 1. The van der Waals surface area contributed by atoms with Gasteiger partial charge in [-0.3, -0.25) is 9.99 Å². The topological polar surface area (TPSA) is 127 Å². The highest BCUT2D eigenvalue weighted by atomic mass is 19.1. The number of aromatic nitrogens is 3. The van der Waals surface area contributed by atoms with Crippen molar-refractivity contribution in [2.45, 2.75) is 0 Å². The van der Waals surface area contributed by atoms with Crippen molar-refractivity contribution in [2.24, 2.45) is 11.6 Å². The van der Waals surface area contributed by atoms with Gasteiger partial charge in [0.25, 0.3) is 5.89 Å². The van der Waals surface area contributed by atoms with Gasteiger partial charge in [0, 0.05) is 23.5 Å². The van der Waals surface area contributed by atoms with Gasteiger partial charge >= 0.3 is 0 Å². The van der Waals surface area contributed by atoms with E-state index in [0.29, 0.717) is 11.1 Å².